The molecule has 144 valence electrons. The van der Waals surface area contributed by atoms with E-state index in [4.69, 9.17) is 26.1 Å². The van der Waals surface area contributed by atoms with Gasteiger partial charge >= 0.3 is 0 Å². The van der Waals surface area contributed by atoms with Crippen molar-refractivity contribution >= 4 is 41.5 Å². The molecule has 0 aliphatic carbocycles. The first-order valence-corrected chi connectivity index (χ1v) is 8.80. The zero-order valence-electron chi connectivity index (χ0n) is 15.5. The highest BCUT2D eigenvalue weighted by Crippen LogP contribution is 2.25. The third kappa shape index (κ3) is 6.30. The SMILES string of the molecule is CCNC(=NCC1(OC)CCOCC1)N(C)Cc1cc(Cl)cn1C.I. The summed E-state index contributed by atoms with van der Waals surface area (Å²) in [5.41, 5.74) is 0.925. The number of hydrogen-bond acceptors (Lipinski definition) is 3. The van der Waals surface area contributed by atoms with E-state index in [-0.39, 0.29) is 29.6 Å². The van der Waals surface area contributed by atoms with Gasteiger partial charge in [0, 0.05) is 65.7 Å². The van der Waals surface area contributed by atoms with Crippen LogP contribution < -0.4 is 5.32 Å². The molecule has 1 aliphatic rings. The Morgan fingerprint density at radius 1 is 1.48 bits per heavy atom. The van der Waals surface area contributed by atoms with Crippen molar-refractivity contribution in [1.29, 1.82) is 0 Å². The minimum atomic E-state index is -0.214. The Morgan fingerprint density at radius 2 is 2.16 bits per heavy atom. The first-order chi connectivity index (χ1) is 11.5. The van der Waals surface area contributed by atoms with Gasteiger partial charge in [-0.15, -0.1) is 24.0 Å². The minimum absolute atomic E-state index is 0. The second kappa shape index (κ2) is 10.6. The lowest BCUT2D eigenvalue weighted by Gasteiger charge is -2.35. The molecule has 0 atom stereocenters. The van der Waals surface area contributed by atoms with E-state index in [9.17, 15) is 0 Å². The zero-order chi connectivity index (χ0) is 17.6. The molecular weight excluding hydrogens is 455 g/mol. The van der Waals surface area contributed by atoms with Crippen LogP contribution in [0.15, 0.2) is 17.3 Å². The van der Waals surface area contributed by atoms with Crippen molar-refractivity contribution in [2.24, 2.45) is 12.0 Å². The summed E-state index contributed by atoms with van der Waals surface area (Å²) in [6, 6.07) is 1.98. The molecule has 0 radical (unpaired) electrons. The Morgan fingerprint density at radius 3 is 2.68 bits per heavy atom. The van der Waals surface area contributed by atoms with E-state index in [2.05, 4.69) is 17.1 Å². The van der Waals surface area contributed by atoms with Crippen LogP contribution in [0.3, 0.4) is 0 Å². The Balaban J connectivity index is 0.00000312. The summed E-state index contributed by atoms with van der Waals surface area (Å²) in [6.07, 6.45) is 3.67. The van der Waals surface area contributed by atoms with Gasteiger partial charge in [0.25, 0.3) is 0 Å². The smallest absolute Gasteiger partial charge is 0.194 e. The summed E-state index contributed by atoms with van der Waals surface area (Å²) < 4.78 is 13.3. The number of aliphatic imine (C=N–C) groups is 1. The summed E-state index contributed by atoms with van der Waals surface area (Å²) >= 11 is 6.08. The van der Waals surface area contributed by atoms with E-state index < -0.39 is 0 Å². The number of halogens is 2. The summed E-state index contributed by atoms with van der Waals surface area (Å²) in [5.74, 6) is 0.873. The van der Waals surface area contributed by atoms with Gasteiger partial charge in [-0.25, -0.2) is 0 Å². The molecule has 8 heteroatoms. The fourth-order valence-corrected chi connectivity index (χ4v) is 3.17. The minimum Gasteiger partial charge on any atom is -0.381 e. The number of methoxy groups -OCH3 is 1. The van der Waals surface area contributed by atoms with Gasteiger partial charge in [-0.1, -0.05) is 11.6 Å². The summed E-state index contributed by atoms with van der Waals surface area (Å²) in [4.78, 5) is 6.93. The number of rotatable bonds is 6. The van der Waals surface area contributed by atoms with Crippen LogP contribution in [0, 0.1) is 0 Å². The van der Waals surface area contributed by atoms with Crippen molar-refractivity contribution in [3.05, 3.63) is 23.0 Å². The number of aryl methyl sites for hydroxylation is 1. The fraction of sp³-hybridized carbons (Fsp3) is 0.706. The molecule has 1 N–H and O–H groups in total. The van der Waals surface area contributed by atoms with Crippen LogP contribution in [-0.4, -0.2) is 61.5 Å². The van der Waals surface area contributed by atoms with Crippen LogP contribution in [0.4, 0.5) is 0 Å². The highest BCUT2D eigenvalue weighted by molar-refractivity contribution is 14.0. The lowest BCUT2D eigenvalue weighted by molar-refractivity contribution is -0.0829. The average Bonchev–Trinajstić information content (AvgIpc) is 2.89. The number of ether oxygens (including phenoxy) is 2. The molecule has 1 aromatic rings. The second-order valence-electron chi connectivity index (χ2n) is 6.29. The van der Waals surface area contributed by atoms with Crippen molar-refractivity contribution < 1.29 is 9.47 Å². The van der Waals surface area contributed by atoms with Crippen molar-refractivity contribution in [2.75, 3.05) is 40.5 Å². The molecule has 0 spiro atoms. The van der Waals surface area contributed by atoms with Gasteiger partial charge in [-0.05, 0) is 13.0 Å². The Labute approximate surface area is 172 Å². The third-order valence-corrected chi connectivity index (χ3v) is 4.73. The quantitative estimate of drug-likeness (QED) is 0.383. The predicted octanol–water partition coefficient (Wildman–Crippen LogP) is 2.89. The number of hydrogen-bond donors (Lipinski definition) is 1. The van der Waals surface area contributed by atoms with Gasteiger partial charge in [-0.3, -0.25) is 4.99 Å². The number of nitrogens with zero attached hydrogens (tertiary/aromatic N) is 3. The van der Waals surface area contributed by atoms with Crippen LogP contribution >= 0.6 is 35.6 Å². The fourth-order valence-electron chi connectivity index (χ4n) is 2.90. The zero-order valence-corrected chi connectivity index (χ0v) is 18.6. The van der Waals surface area contributed by atoms with E-state index in [0.29, 0.717) is 6.54 Å². The number of nitrogens with one attached hydrogen (secondary N) is 1. The highest BCUT2D eigenvalue weighted by Gasteiger charge is 2.32. The van der Waals surface area contributed by atoms with Gasteiger partial charge in [0.15, 0.2) is 5.96 Å². The molecule has 1 aliphatic heterocycles. The van der Waals surface area contributed by atoms with Crippen molar-refractivity contribution in [1.82, 2.24) is 14.8 Å². The van der Waals surface area contributed by atoms with E-state index in [1.807, 2.05) is 30.9 Å². The Bertz CT molecular complexity index is 559. The molecule has 0 aromatic carbocycles. The van der Waals surface area contributed by atoms with Crippen LogP contribution in [-0.2, 0) is 23.1 Å². The van der Waals surface area contributed by atoms with Crippen LogP contribution in [0.1, 0.15) is 25.5 Å². The second-order valence-corrected chi connectivity index (χ2v) is 6.72. The van der Waals surface area contributed by atoms with Gasteiger partial charge in [0.05, 0.1) is 23.7 Å². The Hall–Kier alpha value is -0.510. The lowest BCUT2D eigenvalue weighted by atomic mass is 9.94. The molecular formula is C17H30ClIN4O2. The molecule has 1 saturated heterocycles. The molecule has 0 saturated carbocycles. The first-order valence-electron chi connectivity index (χ1n) is 8.43. The van der Waals surface area contributed by atoms with Gasteiger partial charge in [0.2, 0.25) is 0 Å². The molecule has 25 heavy (non-hydrogen) atoms. The van der Waals surface area contributed by atoms with Crippen LogP contribution in [0.25, 0.3) is 0 Å². The summed E-state index contributed by atoms with van der Waals surface area (Å²) in [5, 5.41) is 4.11. The van der Waals surface area contributed by atoms with Gasteiger partial charge < -0.3 is 24.3 Å². The molecule has 6 nitrogen and oxygen atoms in total. The maximum atomic E-state index is 6.08. The molecule has 0 amide bonds. The standard InChI is InChI=1S/C17H29ClN4O2.HI/c1-5-19-16(20-13-17(23-4)6-8-24-9-7-17)22(3)12-15-10-14(18)11-21(15)2;/h10-11H,5-9,12-13H2,1-4H3,(H,19,20);1H. The van der Waals surface area contributed by atoms with E-state index in [1.165, 1.54) is 0 Å². The van der Waals surface area contributed by atoms with Gasteiger partial charge in [-0.2, -0.15) is 0 Å². The van der Waals surface area contributed by atoms with Crippen molar-refractivity contribution in [2.45, 2.75) is 31.9 Å². The van der Waals surface area contributed by atoms with Crippen molar-refractivity contribution in [3.63, 3.8) is 0 Å². The van der Waals surface area contributed by atoms with E-state index in [1.54, 1.807) is 7.11 Å². The maximum Gasteiger partial charge on any atom is 0.194 e. The summed E-state index contributed by atoms with van der Waals surface area (Å²) in [6.45, 7) is 5.73. The first kappa shape index (κ1) is 22.5. The largest absolute Gasteiger partial charge is 0.381 e. The number of guanidine groups is 1. The van der Waals surface area contributed by atoms with Crippen molar-refractivity contribution in [3.8, 4) is 0 Å². The monoisotopic (exact) mass is 484 g/mol. The normalized spacial score (nSPS) is 17.1. The third-order valence-electron chi connectivity index (χ3n) is 4.52. The van der Waals surface area contributed by atoms with Gasteiger partial charge in [0.1, 0.15) is 0 Å². The molecule has 0 bridgehead atoms. The topological polar surface area (TPSA) is 51.0 Å². The van der Waals surface area contributed by atoms with Crippen LogP contribution in [0.2, 0.25) is 5.02 Å². The van der Waals surface area contributed by atoms with E-state index in [0.717, 1.165) is 55.8 Å². The lowest BCUT2D eigenvalue weighted by Crippen LogP contribution is -2.44. The maximum absolute atomic E-state index is 6.08. The molecule has 1 fully saturated rings. The average molecular weight is 485 g/mol. The molecule has 1 aromatic heterocycles. The summed E-state index contributed by atoms with van der Waals surface area (Å²) in [7, 11) is 5.80. The van der Waals surface area contributed by atoms with E-state index >= 15 is 0 Å². The molecule has 2 heterocycles. The molecule has 2 rings (SSSR count). The highest BCUT2D eigenvalue weighted by atomic mass is 127. The number of aromatic nitrogens is 1. The predicted molar refractivity (Wildman–Crippen MR) is 113 cm³/mol. The molecule has 0 unspecified atom stereocenters. The van der Waals surface area contributed by atoms with Crippen LogP contribution in [0.5, 0.6) is 0 Å². The Kier molecular flexibility index (Phi) is 9.55.